The Balaban J connectivity index is 2.35. The van der Waals surface area contributed by atoms with Crippen LogP contribution in [0.2, 0.25) is 0 Å². The van der Waals surface area contributed by atoms with Gasteiger partial charge >= 0.3 is 0 Å². The molecule has 0 bridgehead atoms. The minimum absolute atomic E-state index is 0.477. The summed E-state index contributed by atoms with van der Waals surface area (Å²) in [6, 6.07) is 7.47. The van der Waals surface area contributed by atoms with E-state index in [1.54, 1.807) is 23.1 Å². The number of aromatic nitrogens is 4. The van der Waals surface area contributed by atoms with Gasteiger partial charge in [0.1, 0.15) is 5.69 Å². The number of nitrogen functional groups attached to an aromatic ring is 1. The van der Waals surface area contributed by atoms with Gasteiger partial charge in [0, 0.05) is 24.2 Å². The molecule has 2 N–H and O–H groups in total. The summed E-state index contributed by atoms with van der Waals surface area (Å²) in [5, 5.41) is 4.23. The summed E-state index contributed by atoms with van der Waals surface area (Å²) in [5.74, 6) is 0.477. The Morgan fingerprint density at radius 2 is 1.88 bits per heavy atom. The van der Waals surface area contributed by atoms with Gasteiger partial charge in [-0.2, -0.15) is 5.10 Å². The van der Waals surface area contributed by atoms with Crippen molar-refractivity contribution in [1.82, 2.24) is 19.6 Å². The summed E-state index contributed by atoms with van der Waals surface area (Å²) in [5.41, 5.74) is 8.40. The van der Waals surface area contributed by atoms with Crippen molar-refractivity contribution < 1.29 is 0 Å². The summed E-state index contributed by atoms with van der Waals surface area (Å²) >= 11 is 0. The largest absolute Gasteiger partial charge is 0.382 e. The topological polar surface area (TPSA) is 69.1 Å². The number of fused-ring (bicyclic) bond motifs is 1. The quantitative estimate of drug-likeness (QED) is 0.660. The average molecular weight is 211 g/mol. The van der Waals surface area contributed by atoms with Crippen molar-refractivity contribution in [2.75, 3.05) is 5.73 Å². The lowest BCUT2D eigenvalue weighted by atomic mass is 10.2. The molecule has 0 radical (unpaired) electrons. The maximum absolute atomic E-state index is 5.89. The van der Waals surface area contributed by atoms with Crippen LogP contribution in [0.3, 0.4) is 0 Å². The van der Waals surface area contributed by atoms with Crippen LogP contribution in [0.15, 0.2) is 42.9 Å². The first-order valence-corrected chi connectivity index (χ1v) is 4.86. The average Bonchev–Trinajstić information content (AvgIpc) is 2.66. The van der Waals surface area contributed by atoms with Crippen molar-refractivity contribution in [3.63, 3.8) is 0 Å². The van der Waals surface area contributed by atoms with Gasteiger partial charge in [-0.15, -0.1) is 0 Å². The van der Waals surface area contributed by atoms with Gasteiger partial charge in [-0.3, -0.25) is 4.98 Å². The lowest BCUT2D eigenvalue weighted by molar-refractivity contribution is 0.942. The Kier molecular flexibility index (Phi) is 1.83. The molecule has 3 heterocycles. The zero-order chi connectivity index (χ0) is 11.0. The summed E-state index contributed by atoms with van der Waals surface area (Å²) in [6.07, 6.45) is 5.15. The lowest BCUT2D eigenvalue weighted by Gasteiger charge is -2.00. The van der Waals surface area contributed by atoms with Crippen LogP contribution in [-0.2, 0) is 0 Å². The molecule has 3 rings (SSSR count). The summed E-state index contributed by atoms with van der Waals surface area (Å²) < 4.78 is 1.73. The Labute approximate surface area is 91.6 Å². The third-order valence-electron chi connectivity index (χ3n) is 2.37. The fourth-order valence-electron chi connectivity index (χ4n) is 1.69. The van der Waals surface area contributed by atoms with E-state index >= 15 is 0 Å². The molecule has 0 aliphatic carbocycles. The molecule has 16 heavy (non-hydrogen) atoms. The summed E-state index contributed by atoms with van der Waals surface area (Å²) in [6.45, 7) is 0. The first-order valence-electron chi connectivity index (χ1n) is 4.86. The first-order chi connectivity index (χ1) is 7.86. The van der Waals surface area contributed by atoms with E-state index in [0.717, 1.165) is 16.9 Å². The molecule has 5 heteroatoms. The number of hydrogen-bond donors (Lipinski definition) is 1. The van der Waals surface area contributed by atoms with E-state index in [2.05, 4.69) is 15.1 Å². The molecule has 0 aromatic carbocycles. The number of anilines is 1. The first kappa shape index (κ1) is 8.84. The summed E-state index contributed by atoms with van der Waals surface area (Å²) in [7, 11) is 0. The highest BCUT2D eigenvalue weighted by atomic mass is 15.3. The van der Waals surface area contributed by atoms with E-state index in [1.165, 1.54) is 0 Å². The van der Waals surface area contributed by atoms with Gasteiger partial charge in [0.25, 0.3) is 0 Å². The summed E-state index contributed by atoms with van der Waals surface area (Å²) in [4.78, 5) is 8.22. The van der Waals surface area contributed by atoms with Gasteiger partial charge in [-0.1, -0.05) is 0 Å². The molecule has 0 amide bonds. The number of pyridine rings is 1. The number of nitrogens with two attached hydrogens (primary N) is 1. The van der Waals surface area contributed by atoms with Crippen molar-refractivity contribution >= 4 is 11.5 Å². The second kappa shape index (κ2) is 3.30. The highest BCUT2D eigenvalue weighted by molar-refractivity contribution is 5.74. The van der Waals surface area contributed by atoms with Crippen LogP contribution < -0.4 is 5.73 Å². The number of nitrogens with zero attached hydrogens (tertiary/aromatic N) is 4. The molecule has 0 aliphatic heterocycles. The van der Waals surface area contributed by atoms with E-state index in [1.807, 2.05) is 24.3 Å². The van der Waals surface area contributed by atoms with Crippen LogP contribution in [0.1, 0.15) is 0 Å². The van der Waals surface area contributed by atoms with Gasteiger partial charge < -0.3 is 5.73 Å². The molecule has 5 nitrogen and oxygen atoms in total. The van der Waals surface area contributed by atoms with E-state index < -0.39 is 0 Å². The third kappa shape index (κ3) is 1.22. The molecule has 0 saturated heterocycles. The van der Waals surface area contributed by atoms with Crippen molar-refractivity contribution in [3.05, 3.63) is 42.9 Å². The number of hydrogen-bond acceptors (Lipinski definition) is 4. The maximum atomic E-state index is 5.89. The van der Waals surface area contributed by atoms with Crippen molar-refractivity contribution in [3.8, 4) is 11.3 Å². The Bertz CT molecular complexity index is 629. The Morgan fingerprint density at radius 1 is 1.06 bits per heavy atom. The Morgan fingerprint density at radius 3 is 2.69 bits per heavy atom. The number of imidazole rings is 1. The molecule has 78 valence electrons. The minimum atomic E-state index is 0.477. The van der Waals surface area contributed by atoms with Gasteiger partial charge in [0.2, 0.25) is 0 Å². The molecule has 0 saturated carbocycles. The lowest BCUT2D eigenvalue weighted by Crippen LogP contribution is -1.94. The second-order valence-corrected chi connectivity index (χ2v) is 3.38. The molecule has 3 aromatic heterocycles. The monoisotopic (exact) mass is 211 g/mol. The van der Waals surface area contributed by atoms with Gasteiger partial charge in [0.05, 0.1) is 0 Å². The zero-order valence-electron chi connectivity index (χ0n) is 8.41. The standard InChI is InChI=1S/C11H9N5/c12-11-10(8-3-6-13-7-4-8)16-9(15-11)2-1-5-14-16/h1-7H,12H2. The SMILES string of the molecule is Nc1nc2cccnn2c1-c1ccncc1. The van der Waals surface area contributed by atoms with Crippen LogP contribution in [0.25, 0.3) is 16.9 Å². The van der Waals surface area contributed by atoms with Crippen LogP contribution >= 0.6 is 0 Å². The molecule has 0 spiro atoms. The van der Waals surface area contributed by atoms with Gasteiger partial charge in [0.15, 0.2) is 11.5 Å². The van der Waals surface area contributed by atoms with Crippen LogP contribution in [0, 0.1) is 0 Å². The maximum Gasteiger partial charge on any atom is 0.156 e. The molecular formula is C11H9N5. The molecule has 0 aliphatic rings. The van der Waals surface area contributed by atoms with Gasteiger partial charge in [-0.05, 0) is 24.3 Å². The van der Waals surface area contributed by atoms with Crippen molar-refractivity contribution in [2.45, 2.75) is 0 Å². The zero-order valence-corrected chi connectivity index (χ0v) is 8.41. The predicted octanol–water partition coefficient (Wildman–Crippen LogP) is 1.37. The van der Waals surface area contributed by atoms with E-state index in [4.69, 9.17) is 5.73 Å². The number of rotatable bonds is 1. The fraction of sp³-hybridized carbons (Fsp3) is 0. The van der Waals surface area contributed by atoms with Gasteiger partial charge in [-0.25, -0.2) is 9.50 Å². The predicted molar refractivity (Wildman–Crippen MR) is 60.6 cm³/mol. The normalized spacial score (nSPS) is 10.8. The smallest absolute Gasteiger partial charge is 0.156 e. The molecular weight excluding hydrogens is 202 g/mol. The molecule has 0 fully saturated rings. The highest BCUT2D eigenvalue weighted by Crippen LogP contribution is 2.24. The van der Waals surface area contributed by atoms with Crippen LogP contribution in [0.5, 0.6) is 0 Å². The second-order valence-electron chi connectivity index (χ2n) is 3.38. The fourth-order valence-corrected chi connectivity index (χ4v) is 1.69. The van der Waals surface area contributed by atoms with Crippen LogP contribution in [-0.4, -0.2) is 19.6 Å². The van der Waals surface area contributed by atoms with Crippen LogP contribution in [0.4, 0.5) is 5.82 Å². The minimum Gasteiger partial charge on any atom is -0.382 e. The molecule has 0 atom stereocenters. The third-order valence-corrected chi connectivity index (χ3v) is 2.37. The Hall–Kier alpha value is -2.43. The highest BCUT2D eigenvalue weighted by Gasteiger charge is 2.11. The van der Waals surface area contributed by atoms with Crippen molar-refractivity contribution in [1.29, 1.82) is 0 Å². The van der Waals surface area contributed by atoms with E-state index in [0.29, 0.717) is 5.82 Å². The van der Waals surface area contributed by atoms with E-state index in [9.17, 15) is 0 Å². The van der Waals surface area contributed by atoms with E-state index in [-0.39, 0.29) is 0 Å². The molecule has 0 unspecified atom stereocenters. The van der Waals surface area contributed by atoms with Crippen molar-refractivity contribution in [2.24, 2.45) is 0 Å². The molecule has 3 aromatic rings.